The molecule has 8 unspecified atom stereocenters. The van der Waals surface area contributed by atoms with Gasteiger partial charge in [-0.15, -0.1) is 0 Å². The largest absolute Gasteiger partial charge is 0.453 e. The molecule has 2 bridgehead atoms. The Kier molecular flexibility index (Phi) is 9.06. The number of Topliss-reactive ketones (excluding diaryl/α,β-unsaturated/α-hetero) is 1. The Balaban J connectivity index is 1.20. The third-order valence-corrected chi connectivity index (χ3v) is 14.9. The van der Waals surface area contributed by atoms with Crippen LogP contribution < -0.4 is 0 Å². The minimum atomic E-state index is -4.60. The molecule has 3 saturated carbocycles. The molecule has 1 heterocycles. The van der Waals surface area contributed by atoms with Gasteiger partial charge in [0.15, 0.2) is 5.76 Å². The number of hydrogen-bond acceptors (Lipinski definition) is 6. The van der Waals surface area contributed by atoms with Crippen LogP contribution in [-0.4, -0.2) is 51.8 Å². The van der Waals surface area contributed by atoms with Gasteiger partial charge >= 0.3 is 12.3 Å². The molecule has 3 fully saturated rings. The minimum Gasteiger partial charge on any atom is -0.453 e. The number of allylic oxidation sites excluding steroid dienone is 4. The molecule has 1 amide bonds. The zero-order chi connectivity index (χ0) is 39.2. The zero-order valence-corrected chi connectivity index (χ0v) is 32.1. The third-order valence-electron chi connectivity index (χ3n) is 14.5. The van der Waals surface area contributed by atoms with E-state index in [1.807, 2.05) is 30.3 Å². The van der Waals surface area contributed by atoms with Crippen LogP contribution in [0.25, 0.3) is 11.3 Å². The highest BCUT2D eigenvalue weighted by Gasteiger charge is 2.74. The van der Waals surface area contributed by atoms with Crippen molar-refractivity contribution in [3.05, 3.63) is 106 Å². The van der Waals surface area contributed by atoms with E-state index in [0.29, 0.717) is 44.1 Å². The van der Waals surface area contributed by atoms with Gasteiger partial charge in [-0.05, 0) is 105 Å². The van der Waals surface area contributed by atoms with E-state index < -0.39 is 45.8 Å². The molecule has 8 atom stereocenters. The lowest BCUT2D eigenvalue weighted by atomic mass is 9.32. The number of carbonyl (C=O) groups excluding carboxylic acids is 2. The lowest BCUT2D eigenvalue weighted by molar-refractivity contribution is -0.175. The SMILES string of the molecule is CCOC(=O)N(Cc1ccccc1)CC1(O)CCC2C34C=CC5(C=C3C(=O)c3ccc(-c6cc(C(F)(F)F)ccc6Cl)o3)CC(O)CCC5(C)C4CCC21C. The van der Waals surface area contributed by atoms with Crippen LogP contribution >= 0.6 is 11.6 Å². The number of furan rings is 1. The Hall–Kier alpha value is -3.86. The first-order valence-electron chi connectivity index (χ1n) is 19.3. The first-order chi connectivity index (χ1) is 26.0. The molecule has 9 rings (SSSR count). The molecule has 11 heteroatoms. The van der Waals surface area contributed by atoms with E-state index in [9.17, 15) is 28.2 Å². The number of halogens is 4. The van der Waals surface area contributed by atoms with E-state index in [4.69, 9.17) is 20.8 Å². The summed E-state index contributed by atoms with van der Waals surface area (Å²) in [6.07, 6.45) is 5.04. The van der Waals surface area contributed by atoms with Gasteiger partial charge in [0.2, 0.25) is 5.78 Å². The van der Waals surface area contributed by atoms with Gasteiger partial charge in [0.05, 0.1) is 35.4 Å². The van der Waals surface area contributed by atoms with Crippen LogP contribution in [0, 0.1) is 33.5 Å². The Morgan fingerprint density at radius 1 is 0.964 bits per heavy atom. The van der Waals surface area contributed by atoms with Crippen molar-refractivity contribution in [2.24, 2.45) is 33.5 Å². The highest BCUT2D eigenvalue weighted by molar-refractivity contribution is 6.33. The maximum Gasteiger partial charge on any atom is 0.416 e. The third kappa shape index (κ3) is 5.67. The number of benzene rings is 2. The number of fused-ring (bicyclic) bond motifs is 1. The molecule has 2 N–H and O–H groups in total. The molecule has 55 heavy (non-hydrogen) atoms. The molecule has 0 saturated heterocycles. The minimum absolute atomic E-state index is 0.000280. The fourth-order valence-corrected chi connectivity index (χ4v) is 12.0. The molecule has 2 spiro atoms. The van der Waals surface area contributed by atoms with E-state index in [2.05, 4.69) is 32.1 Å². The van der Waals surface area contributed by atoms with Crippen molar-refractivity contribution in [2.75, 3.05) is 13.2 Å². The topological polar surface area (TPSA) is 100 Å². The quantitative estimate of drug-likeness (QED) is 0.175. The molecule has 1 aromatic heterocycles. The maximum atomic E-state index is 15.0. The molecule has 292 valence electrons. The standard InChI is InChI=1S/C44H47ClF3NO6/c1-4-54-38(52)49(25-27-8-6-5-7-9-27)26-42(53)19-16-36-40(42,3)18-15-35-39(2)17-14-29(50)23-41(39)20-21-43(35,36)31(24-41)37(51)34-13-12-33(55-34)30-22-28(44(46,47)48)10-11-32(30)45/h5-13,20-22,24,29,35-36,50,53H,4,14-19,23,25-26H2,1-3H3. The Labute approximate surface area is 324 Å². The average molecular weight is 778 g/mol. The molecular formula is C44H47ClF3NO6. The van der Waals surface area contributed by atoms with Crippen molar-refractivity contribution in [3.63, 3.8) is 0 Å². The van der Waals surface area contributed by atoms with Gasteiger partial charge in [0.25, 0.3) is 0 Å². The smallest absolute Gasteiger partial charge is 0.416 e. The number of nitrogens with zero attached hydrogens (tertiary/aromatic N) is 1. The second-order valence-electron chi connectivity index (χ2n) is 17.0. The van der Waals surface area contributed by atoms with Crippen LogP contribution in [0.15, 0.2) is 88.9 Å². The zero-order valence-electron chi connectivity index (χ0n) is 31.3. The average Bonchev–Trinajstić information content (AvgIpc) is 3.74. The van der Waals surface area contributed by atoms with Crippen LogP contribution in [0.3, 0.4) is 0 Å². The van der Waals surface area contributed by atoms with Crippen molar-refractivity contribution in [1.29, 1.82) is 0 Å². The van der Waals surface area contributed by atoms with Crippen LogP contribution in [0.2, 0.25) is 5.02 Å². The molecule has 0 aliphatic heterocycles. The second-order valence-corrected chi connectivity index (χ2v) is 17.4. The first kappa shape index (κ1) is 38.0. The highest BCUT2D eigenvalue weighted by atomic mass is 35.5. The summed E-state index contributed by atoms with van der Waals surface area (Å²) in [6, 6.07) is 15.6. The van der Waals surface area contributed by atoms with E-state index >= 15 is 4.79 Å². The first-order valence-corrected chi connectivity index (χ1v) is 19.7. The van der Waals surface area contributed by atoms with Crippen molar-refractivity contribution in [1.82, 2.24) is 4.90 Å². The van der Waals surface area contributed by atoms with Gasteiger partial charge in [-0.2, -0.15) is 13.2 Å². The second kappa shape index (κ2) is 13.1. The van der Waals surface area contributed by atoms with Crippen molar-refractivity contribution in [2.45, 2.75) is 90.1 Å². The van der Waals surface area contributed by atoms with E-state index in [-0.39, 0.29) is 64.8 Å². The highest BCUT2D eigenvalue weighted by Crippen LogP contribution is 2.78. The van der Waals surface area contributed by atoms with Crippen LogP contribution in [0.4, 0.5) is 18.0 Å². The number of rotatable bonds is 8. The van der Waals surface area contributed by atoms with Crippen molar-refractivity contribution < 1.29 is 42.1 Å². The maximum absolute atomic E-state index is 15.0. The Morgan fingerprint density at radius 2 is 1.67 bits per heavy atom. The number of alkyl halides is 3. The van der Waals surface area contributed by atoms with Crippen molar-refractivity contribution in [3.8, 4) is 11.3 Å². The van der Waals surface area contributed by atoms with Gasteiger partial charge in [0, 0.05) is 33.9 Å². The normalized spacial score (nSPS) is 34.7. The van der Waals surface area contributed by atoms with Crippen molar-refractivity contribution >= 4 is 23.5 Å². The predicted octanol–water partition coefficient (Wildman–Crippen LogP) is 10.1. The molecule has 0 radical (unpaired) electrons. The van der Waals surface area contributed by atoms with Gasteiger partial charge in [-0.3, -0.25) is 4.79 Å². The summed E-state index contributed by atoms with van der Waals surface area (Å²) in [4.78, 5) is 30.1. The fourth-order valence-electron chi connectivity index (χ4n) is 11.7. The van der Waals surface area contributed by atoms with Gasteiger partial charge in [0.1, 0.15) is 5.76 Å². The summed E-state index contributed by atoms with van der Waals surface area (Å²) in [7, 11) is 0. The number of ketones is 1. The monoisotopic (exact) mass is 777 g/mol. The fraction of sp³-hybridized carbons (Fsp3) is 0.500. The summed E-state index contributed by atoms with van der Waals surface area (Å²) in [5.41, 5.74) is -3.14. The summed E-state index contributed by atoms with van der Waals surface area (Å²) in [6.45, 7) is 6.65. The number of carbonyl (C=O) groups is 2. The Bertz CT molecular complexity index is 2080. The Morgan fingerprint density at radius 3 is 2.40 bits per heavy atom. The van der Waals surface area contributed by atoms with E-state index in [1.54, 1.807) is 11.8 Å². The number of ether oxygens (including phenoxy) is 1. The van der Waals surface area contributed by atoms with Crippen LogP contribution in [0.1, 0.15) is 87.4 Å². The summed E-state index contributed by atoms with van der Waals surface area (Å²) in [5.74, 6) is -0.551. The van der Waals surface area contributed by atoms with Gasteiger partial charge in [-0.25, -0.2) is 4.79 Å². The molecule has 6 aliphatic carbocycles. The molecule has 2 aromatic carbocycles. The molecule has 3 aromatic rings. The predicted molar refractivity (Wildman–Crippen MR) is 201 cm³/mol. The van der Waals surface area contributed by atoms with Crippen LogP contribution in [-0.2, 0) is 17.5 Å². The van der Waals surface area contributed by atoms with Gasteiger partial charge in [-0.1, -0.05) is 74.0 Å². The van der Waals surface area contributed by atoms with E-state index in [0.717, 1.165) is 24.1 Å². The summed E-state index contributed by atoms with van der Waals surface area (Å²) >= 11 is 6.37. The lowest BCUT2D eigenvalue weighted by Crippen LogP contribution is -2.67. The summed E-state index contributed by atoms with van der Waals surface area (Å²) in [5, 5.41) is 24.0. The van der Waals surface area contributed by atoms with E-state index in [1.165, 1.54) is 18.2 Å². The number of hydrogen-bond donors (Lipinski definition) is 2. The van der Waals surface area contributed by atoms with Gasteiger partial charge < -0.3 is 24.3 Å². The summed E-state index contributed by atoms with van der Waals surface area (Å²) < 4.78 is 52.6. The van der Waals surface area contributed by atoms with Crippen LogP contribution in [0.5, 0.6) is 0 Å². The number of aliphatic hydroxyl groups is 2. The molecule has 7 nitrogen and oxygen atoms in total. The molecule has 6 aliphatic rings. The molecular weight excluding hydrogens is 731 g/mol. The number of aliphatic hydroxyl groups excluding tert-OH is 1. The number of amides is 1. The lowest BCUT2D eigenvalue weighted by Gasteiger charge is -2.71.